The van der Waals surface area contributed by atoms with Gasteiger partial charge in [-0.1, -0.05) is 0 Å². The van der Waals surface area contributed by atoms with Crippen LogP contribution in [0.1, 0.15) is 45.9 Å². The van der Waals surface area contributed by atoms with Gasteiger partial charge >= 0.3 is 6.18 Å². The Morgan fingerprint density at radius 3 is 2.43 bits per heavy atom. The van der Waals surface area contributed by atoms with Crippen molar-refractivity contribution in [1.29, 1.82) is 0 Å². The van der Waals surface area contributed by atoms with Crippen molar-refractivity contribution in [2.24, 2.45) is 12.0 Å². The van der Waals surface area contributed by atoms with E-state index in [0.29, 0.717) is 18.5 Å². The average molecular weight is 546 g/mol. The van der Waals surface area contributed by atoms with E-state index in [1.54, 1.807) is 0 Å². The summed E-state index contributed by atoms with van der Waals surface area (Å²) in [6.45, 7) is 8.59. The fraction of sp³-hybridized carbons (Fsp3) is 0.789. The van der Waals surface area contributed by atoms with E-state index in [0.717, 1.165) is 25.9 Å². The maximum atomic E-state index is 13.6. The number of halogens is 4. The molecule has 1 atom stereocenters. The Balaban J connectivity index is 0.00000450. The summed E-state index contributed by atoms with van der Waals surface area (Å²) >= 11 is 0. The predicted octanol–water partition coefficient (Wildman–Crippen LogP) is 2.61. The molecule has 30 heavy (non-hydrogen) atoms. The highest BCUT2D eigenvalue weighted by Gasteiger charge is 2.57. The zero-order valence-corrected chi connectivity index (χ0v) is 20.4. The van der Waals surface area contributed by atoms with Crippen molar-refractivity contribution >= 4 is 29.9 Å². The van der Waals surface area contributed by atoms with Crippen molar-refractivity contribution < 1.29 is 18.3 Å². The number of nitrogens with one attached hydrogen (secondary N) is 2. The van der Waals surface area contributed by atoms with Gasteiger partial charge < -0.3 is 25.2 Å². The van der Waals surface area contributed by atoms with Gasteiger partial charge in [-0.25, -0.2) is 4.98 Å². The van der Waals surface area contributed by atoms with Gasteiger partial charge in [0.2, 0.25) is 5.60 Å². The van der Waals surface area contributed by atoms with E-state index in [2.05, 4.69) is 39.4 Å². The third-order valence-corrected chi connectivity index (χ3v) is 5.35. The van der Waals surface area contributed by atoms with E-state index in [-0.39, 0.29) is 36.6 Å². The van der Waals surface area contributed by atoms with Crippen LogP contribution in [0.15, 0.2) is 17.4 Å². The number of imidazole rings is 1. The van der Waals surface area contributed by atoms with Gasteiger partial charge in [0.05, 0.1) is 0 Å². The summed E-state index contributed by atoms with van der Waals surface area (Å²) in [6, 6.07) is 0.725. The van der Waals surface area contributed by atoms with Crippen molar-refractivity contribution in [3.8, 4) is 0 Å². The second kappa shape index (κ2) is 11.5. The molecule has 0 radical (unpaired) electrons. The van der Waals surface area contributed by atoms with Crippen molar-refractivity contribution in [3.63, 3.8) is 0 Å². The molecule has 0 aliphatic carbocycles. The fourth-order valence-electron chi connectivity index (χ4n) is 3.55. The lowest BCUT2D eigenvalue weighted by molar-refractivity contribution is -0.272. The molecule has 2 rings (SSSR count). The first-order valence-corrected chi connectivity index (χ1v) is 10.1. The number of likely N-dealkylation sites (tertiary alicyclic amines) is 1. The molecule has 1 aromatic heterocycles. The number of rotatable bonds is 7. The summed E-state index contributed by atoms with van der Waals surface area (Å²) in [5.41, 5.74) is -3.05. The minimum Gasteiger partial charge on any atom is -0.374 e. The first-order chi connectivity index (χ1) is 13.6. The summed E-state index contributed by atoms with van der Waals surface area (Å²) in [4.78, 5) is 10.4. The molecule has 0 saturated carbocycles. The molecular weight excluding hydrogens is 512 g/mol. The lowest BCUT2D eigenvalue weighted by atomic mass is 9.98. The summed E-state index contributed by atoms with van der Waals surface area (Å²) in [6.07, 6.45) is -0.944. The van der Waals surface area contributed by atoms with Gasteiger partial charge in [-0.2, -0.15) is 13.2 Å². The van der Waals surface area contributed by atoms with Crippen LogP contribution >= 0.6 is 24.0 Å². The van der Waals surface area contributed by atoms with E-state index in [4.69, 9.17) is 0 Å². The molecule has 2 heterocycles. The molecule has 1 unspecified atom stereocenters. The second-order valence-corrected chi connectivity index (χ2v) is 7.78. The standard InChI is InChI=1S/C19H33F3N6O.HI/c1-5-23-17(26-15-6-11-28(12-7-15)14(2)3)25-9-8-18(29,19(20,21)22)16-24-10-13-27(16)4;/h10,13-15,29H,5-9,11-12H2,1-4H3,(H2,23,25,26);1H. The Bertz CT molecular complexity index is 673. The van der Waals surface area contributed by atoms with Crippen LogP contribution in [-0.2, 0) is 12.6 Å². The van der Waals surface area contributed by atoms with Crippen molar-refractivity contribution in [1.82, 2.24) is 25.1 Å². The van der Waals surface area contributed by atoms with Gasteiger partial charge in [0.25, 0.3) is 0 Å². The largest absolute Gasteiger partial charge is 0.424 e. The van der Waals surface area contributed by atoms with Gasteiger partial charge in [0.15, 0.2) is 5.96 Å². The molecule has 0 spiro atoms. The molecule has 7 nitrogen and oxygen atoms in total. The van der Waals surface area contributed by atoms with Crippen LogP contribution in [0.5, 0.6) is 0 Å². The predicted molar refractivity (Wildman–Crippen MR) is 122 cm³/mol. The van der Waals surface area contributed by atoms with E-state index in [9.17, 15) is 18.3 Å². The van der Waals surface area contributed by atoms with Crippen LogP contribution in [0.3, 0.4) is 0 Å². The van der Waals surface area contributed by atoms with Gasteiger partial charge in [-0.15, -0.1) is 24.0 Å². The lowest BCUT2D eigenvalue weighted by Crippen LogP contribution is -2.50. The van der Waals surface area contributed by atoms with Crippen molar-refractivity contribution in [3.05, 3.63) is 18.2 Å². The molecule has 1 aliphatic rings. The van der Waals surface area contributed by atoms with Crippen LogP contribution in [-0.4, -0.2) is 70.0 Å². The van der Waals surface area contributed by atoms with Crippen LogP contribution in [0.25, 0.3) is 0 Å². The summed E-state index contributed by atoms with van der Waals surface area (Å²) in [5.74, 6) is 0.0408. The fourth-order valence-corrected chi connectivity index (χ4v) is 3.55. The smallest absolute Gasteiger partial charge is 0.374 e. The van der Waals surface area contributed by atoms with E-state index < -0.39 is 24.0 Å². The maximum absolute atomic E-state index is 13.6. The number of hydrogen-bond acceptors (Lipinski definition) is 4. The number of alkyl halides is 3. The number of hydrogen-bond donors (Lipinski definition) is 3. The lowest BCUT2D eigenvalue weighted by Gasteiger charge is -2.35. The van der Waals surface area contributed by atoms with Crippen molar-refractivity contribution in [2.45, 2.75) is 63.9 Å². The van der Waals surface area contributed by atoms with Crippen molar-refractivity contribution in [2.75, 3.05) is 26.2 Å². The molecule has 0 amide bonds. The number of guanidine groups is 1. The normalized spacial score (nSPS) is 18.8. The zero-order valence-electron chi connectivity index (χ0n) is 18.0. The number of aliphatic hydroxyl groups is 1. The van der Waals surface area contributed by atoms with Crippen LogP contribution in [0.2, 0.25) is 0 Å². The molecule has 11 heteroatoms. The first kappa shape index (κ1) is 27.0. The molecule has 0 bridgehead atoms. The van der Waals surface area contributed by atoms with Gasteiger partial charge in [-0.05, 0) is 33.6 Å². The molecule has 0 aromatic carbocycles. The number of aromatic nitrogens is 2. The van der Waals surface area contributed by atoms with E-state index in [1.165, 1.54) is 24.0 Å². The second-order valence-electron chi connectivity index (χ2n) is 7.78. The molecule has 174 valence electrons. The molecule has 3 N–H and O–H groups in total. The minimum absolute atomic E-state index is 0. The monoisotopic (exact) mass is 546 g/mol. The summed E-state index contributed by atoms with van der Waals surface area (Å²) in [5, 5.41) is 16.8. The first-order valence-electron chi connectivity index (χ1n) is 10.1. The SMILES string of the molecule is CCNC(=NCCC(O)(c1nccn1C)C(F)(F)F)NC1CCN(C(C)C)CC1.I. The highest BCUT2D eigenvalue weighted by molar-refractivity contribution is 14.0. The quantitative estimate of drug-likeness (QED) is 0.279. The number of piperidine rings is 1. The van der Waals surface area contributed by atoms with Crippen LogP contribution in [0.4, 0.5) is 13.2 Å². The van der Waals surface area contributed by atoms with E-state index in [1.807, 2.05) is 6.92 Å². The number of nitrogens with zero attached hydrogens (tertiary/aromatic N) is 4. The van der Waals surface area contributed by atoms with Gasteiger partial charge in [0, 0.05) is 64.1 Å². The third-order valence-electron chi connectivity index (χ3n) is 5.35. The molecule has 1 fully saturated rings. The molecule has 1 aliphatic heterocycles. The van der Waals surface area contributed by atoms with Crippen LogP contribution < -0.4 is 10.6 Å². The molecule has 1 saturated heterocycles. The Morgan fingerprint density at radius 2 is 1.97 bits per heavy atom. The highest BCUT2D eigenvalue weighted by Crippen LogP contribution is 2.40. The summed E-state index contributed by atoms with van der Waals surface area (Å²) in [7, 11) is 1.43. The summed E-state index contributed by atoms with van der Waals surface area (Å²) < 4.78 is 42.0. The highest BCUT2D eigenvalue weighted by atomic mass is 127. The van der Waals surface area contributed by atoms with Crippen LogP contribution in [0, 0.1) is 0 Å². The van der Waals surface area contributed by atoms with E-state index >= 15 is 0 Å². The Morgan fingerprint density at radius 1 is 1.33 bits per heavy atom. The maximum Gasteiger partial charge on any atom is 0.424 e. The Kier molecular flexibility index (Phi) is 10.3. The van der Waals surface area contributed by atoms with Gasteiger partial charge in [-0.3, -0.25) is 4.99 Å². The molecule has 1 aromatic rings. The zero-order chi connectivity index (χ0) is 21.7. The number of aliphatic imine (C=N–C) groups is 1. The third kappa shape index (κ3) is 6.71. The topological polar surface area (TPSA) is 77.7 Å². The average Bonchev–Trinajstić information content (AvgIpc) is 3.07. The molecular formula is C19H34F3IN6O. The minimum atomic E-state index is -4.85. The Hall–Kier alpha value is -1.08. The number of aryl methyl sites for hydroxylation is 1. The Labute approximate surface area is 193 Å². The van der Waals surface area contributed by atoms with Gasteiger partial charge in [0.1, 0.15) is 5.82 Å².